The van der Waals surface area contributed by atoms with Crippen molar-refractivity contribution >= 4 is 38.5 Å². The number of thiocarbonyl (C=S) groups is 1. The van der Waals surface area contributed by atoms with Crippen molar-refractivity contribution in [3.05, 3.63) is 34.4 Å². The first kappa shape index (κ1) is 13.3. The van der Waals surface area contributed by atoms with Crippen LogP contribution in [0.3, 0.4) is 0 Å². The Morgan fingerprint density at radius 3 is 2.55 bits per heavy atom. The van der Waals surface area contributed by atoms with Gasteiger partial charge < -0.3 is 10.2 Å². The highest BCUT2D eigenvalue weighted by atomic mass is 32.2. The predicted octanol–water partition coefficient (Wildman–Crippen LogP) is 0.455. The summed E-state index contributed by atoms with van der Waals surface area (Å²) in [5.74, 6) is 0.114. The fourth-order valence-electron chi connectivity index (χ4n) is 2.64. The van der Waals surface area contributed by atoms with Crippen molar-refractivity contribution in [3.63, 3.8) is 0 Å². The van der Waals surface area contributed by atoms with Gasteiger partial charge >= 0.3 is 0 Å². The fourth-order valence-corrected chi connectivity index (χ4v) is 4.93. The summed E-state index contributed by atoms with van der Waals surface area (Å²) in [5, 5.41) is 14.1. The molecule has 2 fully saturated rings. The van der Waals surface area contributed by atoms with Gasteiger partial charge in [0.05, 0.1) is 28.5 Å². The number of nitro benzene ring substituents is 1. The number of fused-ring (bicyclic) bond motifs is 1. The largest absolute Gasteiger partial charge is 0.356 e. The molecule has 1 aromatic rings. The Morgan fingerprint density at radius 1 is 1.30 bits per heavy atom. The van der Waals surface area contributed by atoms with Crippen molar-refractivity contribution in [2.75, 3.05) is 16.4 Å². The molecule has 3 rings (SSSR count). The Balaban J connectivity index is 1.93. The van der Waals surface area contributed by atoms with Gasteiger partial charge in [0.2, 0.25) is 0 Å². The first-order chi connectivity index (χ1) is 9.37. The summed E-state index contributed by atoms with van der Waals surface area (Å²) in [6.45, 7) is 0. The Hall–Kier alpha value is -1.74. The van der Waals surface area contributed by atoms with E-state index >= 15 is 0 Å². The highest BCUT2D eigenvalue weighted by Crippen LogP contribution is 2.30. The lowest BCUT2D eigenvalue weighted by molar-refractivity contribution is -0.384. The quantitative estimate of drug-likeness (QED) is 0.481. The molecule has 2 saturated heterocycles. The maximum absolute atomic E-state index is 11.7. The number of nitrogens with zero attached hydrogens (tertiary/aromatic N) is 2. The number of non-ortho nitro benzene ring substituents is 1. The van der Waals surface area contributed by atoms with E-state index in [9.17, 15) is 18.5 Å². The van der Waals surface area contributed by atoms with Gasteiger partial charge in [-0.2, -0.15) is 0 Å². The average Bonchev–Trinajstić information content (AvgIpc) is 2.79. The topological polar surface area (TPSA) is 92.6 Å². The standard InChI is InChI=1S/C11H11N3O4S2/c15-14(16)8-3-1-7(2-4-8)13-10-6-20(17,18)5-9(10)12-11(13)19/h1-4,9-10H,5-6H2,(H,12,19)/t9-,10-/m1/s1. The van der Waals surface area contributed by atoms with E-state index in [-0.39, 0.29) is 29.3 Å². The van der Waals surface area contributed by atoms with E-state index in [1.807, 2.05) is 0 Å². The van der Waals surface area contributed by atoms with E-state index in [0.717, 1.165) is 0 Å². The first-order valence-corrected chi connectivity index (χ1v) is 8.15. The predicted molar refractivity (Wildman–Crippen MR) is 77.5 cm³/mol. The molecule has 0 saturated carbocycles. The van der Waals surface area contributed by atoms with Crippen LogP contribution < -0.4 is 10.2 Å². The second-order valence-electron chi connectivity index (χ2n) is 4.84. The number of benzene rings is 1. The number of rotatable bonds is 2. The van der Waals surface area contributed by atoms with Crippen LogP contribution in [0.2, 0.25) is 0 Å². The Kier molecular flexibility index (Phi) is 2.91. The summed E-state index contributed by atoms with van der Waals surface area (Å²) in [7, 11) is -3.06. The van der Waals surface area contributed by atoms with Gasteiger partial charge in [0, 0.05) is 17.8 Å². The molecule has 1 N–H and O–H groups in total. The molecule has 0 amide bonds. The van der Waals surface area contributed by atoms with Gasteiger partial charge in [0.1, 0.15) is 0 Å². The van der Waals surface area contributed by atoms with E-state index in [1.54, 1.807) is 17.0 Å². The molecule has 0 spiro atoms. The third-order valence-electron chi connectivity index (χ3n) is 3.52. The molecule has 0 aliphatic carbocycles. The molecule has 7 nitrogen and oxygen atoms in total. The fraction of sp³-hybridized carbons (Fsp3) is 0.364. The molecule has 2 atom stereocenters. The monoisotopic (exact) mass is 313 g/mol. The molecule has 0 bridgehead atoms. The number of nitrogens with one attached hydrogen (secondary N) is 1. The molecular formula is C11H11N3O4S2. The molecule has 0 aromatic heterocycles. The summed E-state index contributed by atoms with van der Waals surface area (Å²) < 4.78 is 23.3. The molecule has 0 radical (unpaired) electrons. The summed E-state index contributed by atoms with van der Waals surface area (Å²) in [6, 6.07) is 5.49. The lowest BCUT2D eigenvalue weighted by Gasteiger charge is -2.23. The van der Waals surface area contributed by atoms with Crippen molar-refractivity contribution < 1.29 is 13.3 Å². The third-order valence-corrected chi connectivity index (χ3v) is 5.55. The maximum Gasteiger partial charge on any atom is 0.269 e. The zero-order valence-electron chi connectivity index (χ0n) is 10.2. The molecule has 106 valence electrons. The normalized spacial score (nSPS) is 27.2. The summed E-state index contributed by atoms with van der Waals surface area (Å²) in [5.41, 5.74) is 0.653. The van der Waals surface area contributed by atoms with Crippen LogP contribution in [0.15, 0.2) is 24.3 Å². The van der Waals surface area contributed by atoms with Crippen LogP contribution in [0, 0.1) is 10.1 Å². The van der Waals surface area contributed by atoms with Crippen molar-refractivity contribution in [3.8, 4) is 0 Å². The maximum atomic E-state index is 11.7. The minimum Gasteiger partial charge on any atom is -0.356 e. The number of nitro groups is 1. The van der Waals surface area contributed by atoms with Crippen molar-refractivity contribution in [1.29, 1.82) is 0 Å². The zero-order chi connectivity index (χ0) is 14.5. The summed E-state index contributed by atoms with van der Waals surface area (Å²) in [6.07, 6.45) is 0. The smallest absolute Gasteiger partial charge is 0.269 e. The van der Waals surface area contributed by atoms with Crippen molar-refractivity contribution in [2.45, 2.75) is 12.1 Å². The Labute approximate surface area is 120 Å². The van der Waals surface area contributed by atoms with Crippen LogP contribution in [0.4, 0.5) is 11.4 Å². The Morgan fingerprint density at radius 2 is 1.95 bits per heavy atom. The minimum absolute atomic E-state index is 0.0117. The van der Waals surface area contributed by atoms with Gasteiger partial charge in [-0.3, -0.25) is 10.1 Å². The lowest BCUT2D eigenvalue weighted by Crippen LogP contribution is -2.36. The van der Waals surface area contributed by atoms with Gasteiger partial charge in [0.15, 0.2) is 14.9 Å². The molecular weight excluding hydrogens is 302 g/mol. The lowest BCUT2D eigenvalue weighted by atomic mass is 10.1. The zero-order valence-corrected chi connectivity index (χ0v) is 11.9. The van der Waals surface area contributed by atoms with Crippen LogP contribution >= 0.6 is 12.2 Å². The number of hydrogen-bond acceptors (Lipinski definition) is 5. The average molecular weight is 313 g/mol. The summed E-state index contributed by atoms with van der Waals surface area (Å²) in [4.78, 5) is 11.9. The first-order valence-electron chi connectivity index (χ1n) is 5.92. The van der Waals surface area contributed by atoms with E-state index in [2.05, 4.69) is 5.32 Å². The van der Waals surface area contributed by atoms with Crippen LogP contribution in [-0.4, -0.2) is 42.0 Å². The molecule has 20 heavy (non-hydrogen) atoms. The van der Waals surface area contributed by atoms with Crippen LogP contribution in [-0.2, 0) is 9.84 Å². The Bertz CT molecular complexity index is 686. The van der Waals surface area contributed by atoms with Crippen LogP contribution in [0.1, 0.15) is 0 Å². The van der Waals surface area contributed by atoms with Gasteiger partial charge in [-0.05, 0) is 24.4 Å². The second kappa shape index (κ2) is 4.38. The van der Waals surface area contributed by atoms with Gasteiger partial charge in [-0.25, -0.2) is 8.42 Å². The van der Waals surface area contributed by atoms with Crippen LogP contribution in [0.25, 0.3) is 0 Å². The van der Waals surface area contributed by atoms with Crippen molar-refractivity contribution in [2.24, 2.45) is 0 Å². The SMILES string of the molecule is O=[N+]([O-])c1ccc(N2C(=S)N[C@@H]3CS(=O)(=O)C[C@H]32)cc1. The molecule has 0 unspecified atom stereocenters. The summed E-state index contributed by atoms with van der Waals surface area (Å²) >= 11 is 5.22. The van der Waals surface area contributed by atoms with E-state index in [0.29, 0.717) is 10.8 Å². The highest BCUT2D eigenvalue weighted by Gasteiger charge is 2.47. The third kappa shape index (κ3) is 2.12. The van der Waals surface area contributed by atoms with Crippen molar-refractivity contribution in [1.82, 2.24) is 5.32 Å². The minimum atomic E-state index is -3.06. The van der Waals surface area contributed by atoms with E-state index < -0.39 is 14.8 Å². The second-order valence-corrected chi connectivity index (χ2v) is 7.38. The van der Waals surface area contributed by atoms with Crippen LogP contribution in [0.5, 0.6) is 0 Å². The molecule has 2 aliphatic rings. The van der Waals surface area contributed by atoms with E-state index in [1.165, 1.54) is 12.1 Å². The number of anilines is 1. The number of sulfone groups is 1. The van der Waals surface area contributed by atoms with Gasteiger partial charge in [-0.1, -0.05) is 0 Å². The highest BCUT2D eigenvalue weighted by molar-refractivity contribution is 7.91. The van der Waals surface area contributed by atoms with Gasteiger partial charge in [-0.15, -0.1) is 0 Å². The molecule has 9 heteroatoms. The molecule has 1 aromatic carbocycles. The molecule has 2 aliphatic heterocycles. The molecule has 2 heterocycles. The van der Waals surface area contributed by atoms with Gasteiger partial charge in [0.25, 0.3) is 5.69 Å². The van der Waals surface area contributed by atoms with E-state index in [4.69, 9.17) is 12.2 Å². The number of hydrogen-bond donors (Lipinski definition) is 1.